The van der Waals surface area contributed by atoms with Gasteiger partial charge >= 0.3 is 0 Å². The number of nitrogens with one attached hydrogen (secondary N) is 2. The van der Waals surface area contributed by atoms with Crippen LogP contribution in [0.15, 0.2) is 0 Å². The Morgan fingerprint density at radius 3 is 2.76 bits per heavy atom. The molecule has 3 N–H and O–H groups in total. The molecular formula is C11H22N2O3S. The summed E-state index contributed by atoms with van der Waals surface area (Å²) in [7, 11) is 0. The molecule has 0 aromatic rings. The van der Waals surface area contributed by atoms with Crippen molar-refractivity contribution in [1.82, 2.24) is 10.6 Å². The smallest absolute Gasteiger partial charge is 0.246 e. The van der Waals surface area contributed by atoms with Gasteiger partial charge in [0.15, 0.2) is 0 Å². The van der Waals surface area contributed by atoms with Crippen molar-refractivity contribution in [3.8, 4) is 0 Å². The summed E-state index contributed by atoms with van der Waals surface area (Å²) in [6, 6.07) is 0. The van der Waals surface area contributed by atoms with Crippen LogP contribution in [-0.4, -0.2) is 60.5 Å². The Hall–Kier alpha value is -0.300. The summed E-state index contributed by atoms with van der Waals surface area (Å²) in [5, 5.41) is 15.6. The highest BCUT2D eigenvalue weighted by atomic mass is 32.2. The van der Waals surface area contributed by atoms with Crippen LogP contribution >= 0.6 is 11.8 Å². The molecule has 100 valence electrons. The molecule has 6 heteroatoms. The molecule has 0 saturated carbocycles. The van der Waals surface area contributed by atoms with Crippen molar-refractivity contribution in [2.75, 3.05) is 38.2 Å². The molecule has 1 saturated heterocycles. The van der Waals surface area contributed by atoms with Gasteiger partial charge in [0.25, 0.3) is 0 Å². The molecule has 1 heterocycles. The molecule has 1 fully saturated rings. The number of hydrogen-bond donors (Lipinski definition) is 3. The van der Waals surface area contributed by atoms with Crippen LogP contribution in [0.25, 0.3) is 0 Å². The summed E-state index contributed by atoms with van der Waals surface area (Å²) in [4.78, 5) is 11.5. The van der Waals surface area contributed by atoms with Crippen molar-refractivity contribution in [1.29, 1.82) is 0 Å². The summed E-state index contributed by atoms with van der Waals surface area (Å²) < 4.78 is 5.49. The molecule has 1 aliphatic rings. The lowest BCUT2D eigenvalue weighted by Gasteiger charge is -2.38. The molecule has 5 nitrogen and oxygen atoms in total. The van der Waals surface area contributed by atoms with E-state index in [0.29, 0.717) is 5.75 Å². The van der Waals surface area contributed by atoms with Gasteiger partial charge in [0.05, 0.1) is 11.2 Å². The second kappa shape index (κ2) is 6.04. The number of ether oxygens (including phenoxy) is 1. The Morgan fingerprint density at radius 2 is 2.29 bits per heavy atom. The standard InChI is InChI=1S/C11H22N2O3S/c1-10(15,8-17-3)5-13-9(14)4-16-11(2)6-12-7-11/h12,15H,4-8H2,1-3H3,(H,13,14). The molecule has 1 aliphatic heterocycles. The van der Waals surface area contributed by atoms with Crippen LogP contribution in [0.3, 0.4) is 0 Å². The molecule has 1 rings (SSSR count). The van der Waals surface area contributed by atoms with Crippen LogP contribution in [0.5, 0.6) is 0 Å². The van der Waals surface area contributed by atoms with Crippen LogP contribution in [0.1, 0.15) is 13.8 Å². The highest BCUT2D eigenvalue weighted by Crippen LogP contribution is 2.14. The zero-order chi connectivity index (χ0) is 12.9. The van der Waals surface area contributed by atoms with Crippen LogP contribution in [0.2, 0.25) is 0 Å². The van der Waals surface area contributed by atoms with Crippen LogP contribution in [0.4, 0.5) is 0 Å². The van der Waals surface area contributed by atoms with Gasteiger partial charge in [-0.1, -0.05) is 0 Å². The van der Waals surface area contributed by atoms with Crippen LogP contribution in [0, 0.1) is 0 Å². The maximum Gasteiger partial charge on any atom is 0.246 e. The van der Waals surface area contributed by atoms with Crippen LogP contribution < -0.4 is 10.6 Å². The fourth-order valence-corrected chi connectivity index (χ4v) is 2.24. The third-order valence-corrected chi connectivity index (χ3v) is 3.58. The first-order valence-electron chi connectivity index (χ1n) is 5.70. The van der Waals surface area contributed by atoms with Gasteiger partial charge < -0.3 is 20.5 Å². The Balaban J connectivity index is 2.16. The topological polar surface area (TPSA) is 70.6 Å². The maximum atomic E-state index is 11.5. The van der Waals surface area contributed by atoms with E-state index in [2.05, 4.69) is 10.6 Å². The summed E-state index contributed by atoms with van der Waals surface area (Å²) in [6.07, 6.45) is 1.92. The van der Waals surface area contributed by atoms with E-state index in [1.54, 1.807) is 18.7 Å². The Bertz CT molecular complexity index is 267. The van der Waals surface area contributed by atoms with E-state index in [1.165, 1.54) is 0 Å². The lowest BCUT2D eigenvalue weighted by atomic mass is 10.0. The minimum absolute atomic E-state index is 0.0491. The Labute approximate surface area is 107 Å². The second-order valence-electron chi connectivity index (χ2n) is 5.05. The molecular weight excluding hydrogens is 240 g/mol. The minimum atomic E-state index is -0.864. The third kappa shape index (κ3) is 5.25. The van der Waals surface area contributed by atoms with E-state index < -0.39 is 5.60 Å². The molecule has 1 amide bonds. The van der Waals surface area contributed by atoms with Gasteiger partial charge in [0, 0.05) is 25.4 Å². The largest absolute Gasteiger partial charge is 0.387 e. The lowest BCUT2D eigenvalue weighted by Crippen LogP contribution is -2.59. The molecule has 17 heavy (non-hydrogen) atoms. The molecule has 1 atom stereocenters. The SMILES string of the molecule is CSCC(C)(O)CNC(=O)COC1(C)CNC1. The maximum absolute atomic E-state index is 11.5. The van der Waals surface area contributed by atoms with Crippen molar-refractivity contribution in [2.45, 2.75) is 25.0 Å². The zero-order valence-electron chi connectivity index (χ0n) is 10.7. The number of amides is 1. The van der Waals surface area contributed by atoms with E-state index in [0.717, 1.165) is 13.1 Å². The van der Waals surface area contributed by atoms with Crippen molar-refractivity contribution in [3.63, 3.8) is 0 Å². The molecule has 1 unspecified atom stereocenters. The second-order valence-corrected chi connectivity index (χ2v) is 5.91. The summed E-state index contributed by atoms with van der Waals surface area (Å²) in [5.41, 5.74) is -1.07. The van der Waals surface area contributed by atoms with Gasteiger partial charge in [-0.15, -0.1) is 0 Å². The summed E-state index contributed by atoms with van der Waals surface area (Å²) in [6.45, 7) is 5.55. The van der Waals surface area contributed by atoms with E-state index in [-0.39, 0.29) is 24.7 Å². The molecule has 0 aromatic carbocycles. The fraction of sp³-hybridized carbons (Fsp3) is 0.909. The van der Waals surface area contributed by atoms with Gasteiger partial charge in [-0.3, -0.25) is 4.79 Å². The van der Waals surface area contributed by atoms with Gasteiger partial charge in [-0.05, 0) is 20.1 Å². The first-order valence-corrected chi connectivity index (χ1v) is 7.09. The van der Waals surface area contributed by atoms with Gasteiger partial charge in [-0.2, -0.15) is 11.8 Å². The predicted octanol–water partition coefficient (Wildman–Crippen LogP) is -0.405. The highest BCUT2D eigenvalue weighted by molar-refractivity contribution is 7.98. The van der Waals surface area contributed by atoms with Crippen molar-refractivity contribution < 1.29 is 14.6 Å². The summed E-state index contributed by atoms with van der Waals surface area (Å²) in [5.74, 6) is 0.412. The predicted molar refractivity (Wildman–Crippen MR) is 69.2 cm³/mol. The quantitative estimate of drug-likeness (QED) is 0.582. The number of carbonyl (C=O) groups excluding carboxylic acids is 1. The van der Waals surface area contributed by atoms with Gasteiger partial charge in [0.1, 0.15) is 6.61 Å². The highest BCUT2D eigenvalue weighted by Gasteiger charge is 2.33. The zero-order valence-corrected chi connectivity index (χ0v) is 11.5. The Morgan fingerprint density at radius 1 is 1.65 bits per heavy atom. The number of hydrogen-bond acceptors (Lipinski definition) is 5. The monoisotopic (exact) mass is 262 g/mol. The van der Waals surface area contributed by atoms with Gasteiger partial charge in [-0.25, -0.2) is 0 Å². The Kier molecular flexibility index (Phi) is 5.24. The molecule has 0 radical (unpaired) electrons. The third-order valence-electron chi connectivity index (χ3n) is 2.67. The first-order chi connectivity index (χ1) is 7.87. The van der Waals surface area contributed by atoms with Gasteiger partial charge in [0.2, 0.25) is 5.91 Å². The summed E-state index contributed by atoms with van der Waals surface area (Å²) >= 11 is 1.55. The van der Waals surface area contributed by atoms with E-state index in [4.69, 9.17) is 4.74 Å². The van der Waals surface area contributed by atoms with Crippen molar-refractivity contribution in [2.24, 2.45) is 0 Å². The first kappa shape index (κ1) is 14.8. The fourth-order valence-electron chi connectivity index (χ4n) is 1.52. The normalized spacial score (nSPS) is 21.4. The minimum Gasteiger partial charge on any atom is -0.387 e. The lowest BCUT2D eigenvalue weighted by molar-refractivity contribution is -0.136. The average Bonchev–Trinajstić information content (AvgIpc) is 2.21. The molecule has 0 aromatic heterocycles. The van der Waals surface area contributed by atoms with Crippen molar-refractivity contribution in [3.05, 3.63) is 0 Å². The number of carbonyl (C=O) groups is 1. The van der Waals surface area contributed by atoms with E-state index in [9.17, 15) is 9.90 Å². The molecule has 0 aliphatic carbocycles. The average molecular weight is 262 g/mol. The number of rotatable bonds is 7. The van der Waals surface area contributed by atoms with E-state index in [1.807, 2.05) is 13.2 Å². The van der Waals surface area contributed by atoms with E-state index >= 15 is 0 Å². The number of aliphatic hydroxyl groups is 1. The number of thioether (sulfide) groups is 1. The molecule has 0 spiro atoms. The van der Waals surface area contributed by atoms with Crippen molar-refractivity contribution >= 4 is 17.7 Å². The van der Waals surface area contributed by atoms with Crippen LogP contribution in [-0.2, 0) is 9.53 Å². The molecule has 0 bridgehead atoms.